The van der Waals surface area contributed by atoms with Gasteiger partial charge in [-0.2, -0.15) is 5.10 Å². The Kier molecular flexibility index (Phi) is 5.73. The number of primary amides is 1. The predicted octanol–water partition coefficient (Wildman–Crippen LogP) is -0.477. The SMILES string of the molecule is NC(=O)c1cccc(-c2cc(C#CC3OC(CO)[C@@H](O)C(O)C3O)c3[nH]ncc3c2)c1. The molecule has 9 nitrogen and oxygen atoms in total. The first-order valence-corrected chi connectivity index (χ1v) is 9.58. The molecule has 1 saturated heterocycles. The van der Waals surface area contributed by atoms with Crippen LogP contribution < -0.4 is 5.73 Å². The molecule has 9 heteroatoms. The van der Waals surface area contributed by atoms with Gasteiger partial charge in [-0.25, -0.2) is 0 Å². The molecule has 0 saturated carbocycles. The number of aromatic amines is 1. The summed E-state index contributed by atoms with van der Waals surface area (Å²) in [5, 5.41) is 47.1. The molecule has 7 N–H and O–H groups in total. The van der Waals surface area contributed by atoms with Gasteiger partial charge in [-0.1, -0.05) is 24.0 Å². The summed E-state index contributed by atoms with van der Waals surface area (Å²) >= 11 is 0. The van der Waals surface area contributed by atoms with Crippen molar-refractivity contribution >= 4 is 16.8 Å². The number of H-pyrrole nitrogens is 1. The molecule has 3 aromatic rings. The average molecular weight is 423 g/mol. The zero-order valence-corrected chi connectivity index (χ0v) is 16.3. The summed E-state index contributed by atoms with van der Waals surface area (Å²) in [7, 11) is 0. The number of carbonyl (C=O) groups excluding carboxylic acids is 1. The smallest absolute Gasteiger partial charge is 0.248 e. The summed E-state index contributed by atoms with van der Waals surface area (Å²) in [5.41, 5.74) is 8.50. The summed E-state index contributed by atoms with van der Waals surface area (Å²) in [5.74, 6) is 5.16. The molecule has 0 spiro atoms. The molecule has 1 aromatic heterocycles. The maximum Gasteiger partial charge on any atom is 0.248 e. The van der Waals surface area contributed by atoms with Crippen molar-refractivity contribution in [3.05, 3.63) is 53.7 Å². The van der Waals surface area contributed by atoms with Gasteiger partial charge in [0, 0.05) is 10.9 Å². The Morgan fingerprint density at radius 1 is 1.13 bits per heavy atom. The van der Waals surface area contributed by atoms with E-state index in [4.69, 9.17) is 10.5 Å². The Bertz CT molecular complexity index is 1180. The van der Waals surface area contributed by atoms with Gasteiger partial charge < -0.3 is 30.9 Å². The van der Waals surface area contributed by atoms with E-state index in [2.05, 4.69) is 22.0 Å². The molecule has 4 rings (SSSR count). The number of amides is 1. The zero-order valence-electron chi connectivity index (χ0n) is 16.3. The number of nitrogens with two attached hydrogens (primary N) is 1. The van der Waals surface area contributed by atoms with E-state index in [9.17, 15) is 25.2 Å². The Morgan fingerprint density at radius 3 is 2.68 bits per heavy atom. The fourth-order valence-corrected chi connectivity index (χ4v) is 3.54. The summed E-state index contributed by atoms with van der Waals surface area (Å²) in [6.07, 6.45) is -4.91. The minimum Gasteiger partial charge on any atom is -0.394 e. The maximum atomic E-state index is 11.5. The van der Waals surface area contributed by atoms with E-state index in [1.165, 1.54) is 0 Å². The second kappa shape index (κ2) is 8.47. The van der Waals surface area contributed by atoms with Crippen LogP contribution in [-0.4, -0.2) is 73.7 Å². The molecule has 4 unspecified atom stereocenters. The van der Waals surface area contributed by atoms with Crippen molar-refractivity contribution in [3.63, 3.8) is 0 Å². The summed E-state index contributed by atoms with van der Waals surface area (Å²) in [6.45, 7) is -0.528. The Hall–Kier alpha value is -3.26. The van der Waals surface area contributed by atoms with Crippen LogP contribution >= 0.6 is 0 Å². The number of nitrogens with zero attached hydrogens (tertiary/aromatic N) is 1. The topological polar surface area (TPSA) is 162 Å². The predicted molar refractivity (Wildman–Crippen MR) is 111 cm³/mol. The van der Waals surface area contributed by atoms with Crippen molar-refractivity contribution in [2.75, 3.05) is 6.61 Å². The number of aliphatic hydroxyl groups is 4. The van der Waals surface area contributed by atoms with E-state index in [1.807, 2.05) is 12.1 Å². The van der Waals surface area contributed by atoms with Crippen LogP contribution in [0.1, 0.15) is 15.9 Å². The quantitative estimate of drug-likeness (QED) is 0.310. The van der Waals surface area contributed by atoms with Gasteiger partial charge in [0.1, 0.15) is 30.5 Å². The molecule has 1 amide bonds. The third-order valence-electron chi connectivity index (χ3n) is 5.27. The number of benzene rings is 2. The molecular weight excluding hydrogens is 402 g/mol. The van der Waals surface area contributed by atoms with Crippen LogP contribution in [0.2, 0.25) is 0 Å². The highest BCUT2D eigenvalue weighted by atomic mass is 16.5. The van der Waals surface area contributed by atoms with Gasteiger partial charge in [0.25, 0.3) is 0 Å². The lowest BCUT2D eigenvalue weighted by Gasteiger charge is -2.37. The highest BCUT2D eigenvalue weighted by molar-refractivity contribution is 5.95. The summed E-state index contributed by atoms with van der Waals surface area (Å²) in [4.78, 5) is 11.5. The third kappa shape index (κ3) is 4.03. The lowest BCUT2D eigenvalue weighted by atomic mass is 9.95. The van der Waals surface area contributed by atoms with E-state index in [0.717, 1.165) is 16.5 Å². The Labute approximate surface area is 177 Å². The number of ether oxygens (including phenoxy) is 1. The molecule has 160 valence electrons. The molecule has 31 heavy (non-hydrogen) atoms. The van der Waals surface area contributed by atoms with Crippen LogP contribution in [0.4, 0.5) is 0 Å². The average Bonchev–Trinajstić information content (AvgIpc) is 3.26. The zero-order chi connectivity index (χ0) is 22.1. The van der Waals surface area contributed by atoms with Crippen LogP contribution in [0.5, 0.6) is 0 Å². The van der Waals surface area contributed by atoms with Crippen molar-refractivity contribution in [1.29, 1.82) is 0 Å². The lowest BCUT2D eigenvalue weighted by Crippen LogP contribution is -2.58. The van der Waals surface area contributed by atoms with E-state index in [0.29, 0.717) is 16.6 Å². The second-order valence-electron chi connectivity index (χ2n) is 7.32. The maximum absolute atomic E-state index is 11.5. The van der Waals surface area contributed by atoms with Crippen LogP contribution in [-0.2, 0) is 4.74 Å². The van der Waals surface area contributed by atoms with E-state index in [-0.39, 0.29) is 0 Å². The van der Waals surface area contributed by atoms with Gasteiger partial charge in [0.15, 0.2) is 0 Å². The van der Waals surface area contributed by atoms with Crippen LogP contribution in [0.3, 0.4) is 0 Å². The molecule has 5 atom stereocenters. The minimum atomic E-state index is -1.50. The molecule has 1 aliphatic heterocycles. The van der Waals surface area contributed by atoms with Crippen LogP contribution in [0, 0.1) is 11.8 Å². The lowest BCUT2D eigenvalue weighted by molar-refractivity contribution is -0.214. The van der Waals surface area contributed by atoms with Crippen LogP contribution in [0.15, 0.2) is 42.6 Å². The van der Waals surface area contributed by atoms with Crippen molar-refractivity contribution in [2.45, 2.75) is 30.5 Å². The first-order chi connectivity index (χ1) is 14.9. The highest BCUT2D eigenvalue weighted by Gasteiger charge is 2.42. The number of aliphatic hydroxyl groups excluding tert-OH is 4. The monoisotopic (exact) mass is 423 g/mol. The van der Waals surface area contributed by atoms with E-state index >= 15 is 0 Å². The van der Waals surface area contributed by atoms with Gasteiger partial charge in [0.2, 0.25) is 5.91 Å². The van der Waals surface area contributed by atoms with Crippen molar-refractivity contribution in [1.82, 2.24) is 10.2 Å². The van der Waals surface area contributed by atoms with Gasteiger partial charge in [-0.05, 0) is 35.4 Å². The Balaban J connectivity index is 1.73. The first kappa shape index (κ1) is 21.0. The summed E-state index contributed by atoms with van der Waals surface area (Å²) < 4.78 is 5.44. The molecule has 1 fully saturated rings. The molecule has 2 aromatic carbocycles. The van der Waals surface area contributed by atoms with E-state index in [1.54, 1.807) is 30.5 Å². The second-order valence-corrected chi connectivity index (χ2v) is 7.32. The minimum absolute atomic E-state index is 0.374. The molecule has 1 aliphatic rings. The molecule has 2 heterocycles. The largest absolute Gasteiger partial charge is 0.394 e. The van der Waals surface area contributed by atoms with Crippen molar-refractivity contribution in [2.24, 2.45) is 5.73 Å². The number of hydrogen-bond acceptors (Lipinski definition) is 7. The van der Waals surface area contributed by atoms with Crippen LogP contribution in [0.25, 0.3) is 22.0 Å². The first-order valence-electron chi connectivity index (χ1n) is 9.58. The van der Waals surface area contributed by atoms with Gasteiger partial charge in [-0.3, -0.25) is 9.89 Å². The number of nitrogens with one attached hydrogen (secondary N) is 1. The molecule has 0 aliphatic carbocycles. The fourth-order valence-electron chi connectivity index (χ4n) is 3.54. The van der Waals surface area contributed by atoms with Crippen molar-refractivity contribution < 1.29 is 30.0 Å². The normalized spacial score (nSPS) is 25.7. The number of rotatable bonds is 3. The fraction of sp³-hybridized carbons (Fsp3) is 0.273. The van der Waals surface area contributed by atoms with Crippen molar-refractivity contribution in [3.8, 4) is 23.0 Å². The standard InChI is InChI=1S/C22H21N3O6/c23-22(30)13-3-1-2-11(6-13)14-7-12(18-15(8-14)9-24-25-18)4-5-16-19(27)21(29)20(28)17(10-26)31-16/h1-3,6-9,16-17,19-21,26-29H,10H2,(H2,23,30)(H,24,25)/t16?,17?,19?,20-,21?/m1/s1. The molecule has 0 radical (unpaired) electrons. The van der Waals surface area contributed by atoms with Gasteiger partial charge >= 0.3 is 0 Å². The number of hydrogen-bond donors (Lipinski definition) is 6. The Morgan fingerprint density at radius 2 is 1.94 bits per heavy atom. The highest BCUT2D eigenvalue weighted by Crippen LogP contribution is 2.27. The number of aromatic nitrogens is 2. The summed E-state index contributed by atoms with van der Waals surface area (Å²) in [6, 6.07) is 10.5. The number of fused-ring (bicyclic) bond motifs is 1. The van der Waals surface area contributed by atoms with Gasteiger partial charge in [-0.15, -0.1) is 0 Å². The third-order valence-corrected chi connectivity index (χ3v) is 5.27. The number of carbonyl (C=O) groups is 1. The van der Waals surface area contributed by atoms with E-state index < -0.39 is 43.0 Å². The van der Waals surface area contributed by atoms with Gasteiger partial charge in [0.05, 0.1) is 23.9 Å². The molecular formula is C22H21N3O6. The molecule has 0 bridgehead atoms.